The van der Waals surface area contributed by atoms with E-state index in [1.54, 1.807) is 0 Å². The molecular weight excluding hydrogens is 286 g/mol. The Hall–Kier alpha value is -2.15. The van der Waals surface area contributed by atoms with Gasteiger partial charge in [0.15, 0.2) is 5.78 Å². The minimum Gasteiger partial charge on any atom is -0.356 e. The summed E-state index contributed by atoms with van der Waals surface area (Å²) in [7, 11) is 0. The number of hydrogen-bond acceptors (Lipinski definition) is 4. The maximum Gasteiger partial charge on any atom is 0.178 e. The highest BCUT2D eigenvalue weighted by Gasteiger charge is 2.48. The van der Waals surface area contributed by atoms with Crippen molar-refractivity contribution in [3.05, 3.63) is 35.5 Å². The lowest BCUT2D eigenvalue weighted by Gasteiger charge is -2.38. The summed E-state index contributed by atoms with van der Waals surface area (Å²) < 4.78 is 0. The standard InChI is InChI=1S/C19H23N3O/c1-4-15-6-5-7-16(21-15)22-9-8-19(13-22)10-14(11-20)17(23)18(2,3)12-19/h5-7,10H,4,8-9,12-13H2,1-3H3. The number of aryl methyl sites for hydroxylation is 1. The minimum absolute atomic E-state index is 0.0184. The van der Waals surface area contributed by atoms with Crippen LogP contribution in [0.3, 0.4) is 0 Å². The number of nitriles is 1. The quantitative estimate of drug-likeness (QED) is 0.841. The van der Waals surface area contributed by atoms with Crippen molar-refractivity contribution < 1.29 is 4.79 Å². The maximum absolute atomic E-state index is 12.3. The van der Waals surface area contributed by atoms with E-state index in [1.807, 2.05) is 32.1 Å². The van der Waals surface area contributed by atoms with Gasteiger partial charge in [0.25, 0.3) is 0 Å². The fraction of sp³-hybridized carbons (Fsp3) is 0.526. The summed E-state index contributed by atoms with van der Waals surface area (Å²) in [6.45, 7) is 7.77. The van der Waals surface area contributed by atoms with Gasteiger partial charge in [0.05, 0.1) is 5.57 Å². The number of Topliss-reactive ketones (excluding diaryl/α,β-unsaturated/α-hetero) is 1. The second-order valence-electron chi connectivity index (χ2n) is 7.43. The van der Waals surface area contributed by atoms with Gasteiger partial charge < -0.3 is 4.90 Å². The molecule has 0 bridgehead atoms. The average Bonchev–Trinajstić information content (AvgIpc) is 2.94. The van der Waals surface area contributed by atoms with E-state index in [9.17, 15) is 10.1 Å². The van der Waals surface area contributed by atoms with Crippen molar-refractivity contribution in [3.63, 3.8) is 0 Å². The van der Waals surface area contributed by atoms with Gasteiger partial charge in [-0.15, -0.1) is 0 Å². The van der Waals surface area contributed by atoms with Gasteiger partial charge in [-0.1, -0.05) is 32.9 Å². The number of allylic oxidation sites excluding steroid dienone is 1. The van der Waals surface area contributed by atoms with Crippen LogP contribution in [0.4, 0.5) is 5.82 Å². The molecule has 1 unspecified atom stereocenters. The lowest BCUT2D eigenvalue weighted by atomic mass is 9.64. The Kier molecular flexibility index (Phi) is 3.75. The van der Waals surface area contributed by atoms with Crippen molar-refractivity contribution in [1.29, 1.82) is 5.26 Å². The first kappa shape index (κ1) is 15.7. The lowest BCUT2D eigenvalue weighted by molar-refractivity contribution is -0.125. The first-order chi connectivity index (χ1) is 10.9. The van der Waals surface area contributed by atoms with Crippen LogP contribution in [0.2, 0.25) is 0 Å². The summed E-state index contributed by atoms with van der Waals surface area (Å²) in [5.74, 6) is 0.984. The maximum atomic E-state index is 12.3. The van der Waals surface area contributed by atoms with E-state index in [1.165, 1.54) is 0 Å². The van der Waals surface area contributed by atoms with Crippen LogP contribution < -0.4 is 4.90 Å². The van der Waals surface area contributed by atoms with Crippen LogP contribution in [-0.2, 0) is 11.2 Å². The van der Waals surface area contributed by atoms with E-state index in [4.69, 9.17) is 4.98 Å². The number of nitrogens with zero attached hydrogens (tertiary/aromatic N) is 3. The van der Waals surface area contributed by atoms with Crippen LogP contribution in [0.25, 0.3) is 0 Å². The second kappa shape index (κ2) is 5.49. The van der Waals surface area contributed by atoms with Crippen LogP contribution in [0.1, 0.15) is 39.3 Å². The summed E-state index contributed by atoms with van der Waals surface area (Å²) in [4.78, 5) is 19.3. The molecule has 1 fully saturated rings. The number of ketones is 1. The third kappa shape index (κ3) is 2.76. The van der Waals surface area contributed by atoms with Crippen molar-refractivity contribution in [3.8, 4) is 6.07 Å². The van der Waals surface area contributed by atoms with Gasteiger partial charge >= 0.3 is 0 Å². The highest BCUT2D eigenvalue weighted by atomic mass is 16.1. The molecule has 1 aromatic heterocycles. The number of aromatic nitrogens is 1. The molecule has 0 amide bonds. The molecule has 1 aromatic rings. The first-order valence-electron chi connectivity index (χ1n) is 8.28. The topological polar surface area (TPSA) is 57.0 Å². The summed E-state index contributed by atoms with van der Waals surface area (Å²) in [5, 5.41) is 9.32. The van der Waals surface area contributed by atoms with Gasteiger partial charge in [-0.05, 0) is 31.4 Å². The number of anilines is 1. The Balaban J connectivity index is 1.90. The van der Waals surface area contributed by atoms with E-state index < -0.39 is 5.41 Å². The number of rotatable bonds is 2. The summed E-state index contributed by atoms with van der Waals surface area (Å²) >= 11 is 0. The molecule has 4 heteroatoms. The number of carbonyl (C=O) groups excluding carboxylic acids is 1. The van der Waals surface area contributed by atoms with Gasteiger partial charge in [0.2, 0.25) is 0 Å². The van der Waals surface area contributed by atoms with Crippen LogP contribution in [0, 0.1) is 22.2 Å². The Bertz CT molecular complexity index is 714. The van der Waals surface area contributed by atoms with Gasteiger partial charge in [-0.25, -0.2) is 4.98 Å². The van der Waals surface area contributed by atoms with Gasteiger partial charge in [-0.3, -0.25) is 4.79 Å². The van der Waals surface area contributed by atoms with Gasteiger partial charge in [0, 0.05) is 29.6 Å². The molecule has 4 nitrogen and oxygen atoms in total. The monoisotopic (exact) mass is 309 g/mol. The zero-order valence-corrected chi connectivity index (χ0v) is 14.1. The SMILES string of the molecule is CCc1cccc(N2CCC3(C=C(C#N)C(=O)C(C)(C)C3)C2)n1. The molecule has 0 aromatic carbocycles. The fourth-order valence-corrected chi connectivity index (χ4v) is 4.02. The zero-order chi connectivity index (χ0) is 16.7. The van der Waals surface area contributed by atoms with Crippen LogP contribution in [0.15, 0.2) is 29.8 Å². The molecule has 1 atom stereocenters. The van der Waals surface area contributed by atoms with Crippen molar-refractivity contribution in [1.82, 2.24) is 4.98 Å². The van der Waals surface area contributed by atoms with Crippen molar-refractivity contribution in [2.75, 3.05) is 18.0 Å². The Labute approximate surface area is 137 Å². The molecule has 2 aliphatic rings. The highest BCUT2D eigenvalue weighted by Crippen LogP contribution is 2.48. The summed E-state index contributed by atoms with van der Waals surface area (Å²) in [5.41, 5.74) is 0.871. The smallest absolute Gasteiger partial charge is 0.178 e. The number of carbonyl (C=O) groups is 1. The summed E-state index contributed by atoms with van der Waals surface area (Å²) in [6, 6.07) is 8.26. The molecule has 0 saturated carbocycles. The molecule has 120 valence electrons. The largest absolute Gasteiger partial charge is 0.356 e. The molecule has 3 rings (SSSR count). The minimum atomic E-state index is -0.464. The average molecular weight is 309 g/mol. The molecule has 23 heavy (non-hydrogen) atoms. The van der Waals surface area contributed by atoms with Crippen LogP contribution in [0.5, 0.6) is 0 Å². The highest BCUT2D eigenvalue weighted by molar-refractivity contribution is 6.03. The van der Waals surface area contributed by atoms with Crippen LogP contribution in [-0.4, -0.2) is 23.9 Å². The lowest BCUT2D eigenvalue weighted by Crippen LogP contribution is -2.40. The molecule has 1 spiro atoms. The fourth-order valence-electron chi connectivity index (χ4n) is 4.02. The zero-order valence-electron chi connectivity index (χ0n) is 14.1. The molecule has 1 aliphatic heterocycles. The predicted molar refractivity (Wildman–Crippen MR) is 90.0 cm³/mol. The third-order valence-corrected chi connectivity index (χ3v) is 5.09. The molecule has 0 radical (unpaired) electrons. The molecule has 0 N–H and O–H groups in total. The van der Waals surface area contributed by atoms with Crippen molar-refractivity contribution in [2.45, 2.75) is 40.0 Å². The summed E-state index contributed by atoms with van der Waals surface area (Å²) in [6.07, 6.45) is 4.62. The van der Waals surface area contributed by atoms with Crippen molar-refractivity contribution >= 4 is 11.6 Å². The number of hydrogen-bond donors (Lipinski definition) is 0. The van der Waals surface area contributed by atoms with E-state index in [-0.39, 0.29) is 11.2 Å². The molecular formula is C19H23N3O. The van der Waals surface area contributed by atoms with Gasteiger partial charge in [-0.2, -0.15) is 5.26 Å². The van der Waals surface area contributed by atoms with Gasteiger partial charge in [0.1, 0.15) is 11.9 Å². The van der Waals surface area contributed by atoms with Crippen molar-refractivity contribution in [2.24, 2.45) is 10.8 Å². The molecule has 1 aliphatic carbocycles. The Morgan fingerprint density at radius 1 is 1.39 bits per heavy atom. The Morgan fingerprint density at radius 2 is 2.17 bits per heavy atom. The van der Waals surface area contributed by atoms with E-state index in [0.29, 0.717) is 5.57 Å². The molecule has 1 saturated heterocycles. The Morgan fingerprint density at radius 3 is 2.87 bits per heavy atom. The second-order valence-corrected chi connectivity index (χ2v) is 7.43. The van der Waals surface area contributed by atoms with Crippen LogP contribution >= 0.6 is 0 Å². The van der Waals surface area contributed by atoms with E-state index in [0.717, 1.165) is 43.9 Å². The molecule has 2 heterocycles. The third-order valence-electron chi connectivity index (χ3n) is 5.09. The van der Waals surface area contributed by atoms with E-state index in [2.05, 4.69) is 24.0 Å². The predicted octanol–water partition coefficient (Wildman–Crippen LogP) is 3.29. The normalized spacial score (nSPS) is 26.3. The first-order valence-corrected chi connectivity index (χ1v) is 8.28. The van der Waals surface area contributed by atoms with E-state index >= 15 is 0 Å². The number of pyridine rings is 1.